The first-order chi connectivity index (χ1) is 10.0. The van der Waals surface area contributed by atoms with Crippen LogP contribution in [-0.2, 0) is 14.8 Å². The Morgan fingerprint density at radius 2 is 1.86 bits per heavy atom. The smallest absolute Gasteiger partial charge is 0.354 e. The summed E-state index contributed by atoms with van der Waals surface area (Å²) in [5.41, 5.74) is 0.135. The molecule has 0 atom stereocenters. The van der Waals surface area contributed by atoms with Gasteiger partial charge in [0.25, 0.3) is 0 Å². The summed E-state index contributed by atoms with van der Waals surface area (Å²) in [6.45, 7) is 0. The van der Waals surface area contributed by atoms with Gasteiger partial charge < -0.3 is 9.72 Å². The zero-order valence-corrected chi connectivity index (χ0v) is 13.0. The summed E-state index contributed by atoms with van der Waals surface area (Å²) in [6.07, 6.45) is 8.71. The number of rotatable bonds is 4. The van der Waals surface area contributed by atoms with Crippen molar-refractivity contribution in [1.82, 2.24) is 9.71 Å². The Morgan fingerprint density at radius 1 is 1.24 bits per heavy atom. The fourth-order valence-corrected chi connectivity index (χ4v) is 3.92. The second-order valence-electron chi connectivity index (χ2n) is 5.40. The molecular formula is C14H22N2O4S. The van der Waals surface area contributed by atoms with Gasteiger partial charge >= 0.3 is 5.97 Å². The number of aromatic amines is 1. The molecule has 0 amide bonds. The summed E-state index contributed by atoms with van der Waals surface area (Å²) in [6, 6.07) is 1.28. The molecule has 1 aromatic rings. The Kier molecular flexibility index (Phi) is 5.41. The Bertz CT molecular complexity index is 572. The van der Waals surface area contributed by atoms with Gasteiger partial charge in [-0.15, -0.1) is 0 Å². The van der Waals surface area contributed by atoms with Crippen LogP contribution < -0.4 is 4.72 Å². The Morgan fingerprint density at radius 3 is 2.48 bits per heavy atom. The quantitative estimate of drug-likeness (QED) is 0.834. The highest BCUT2D eigenvalue weighted by molar-refractivity contribution is 7.89. The summed E-state index contributed by atoms with van der Waals surface area (Å²) in [7, 11) is -2.34. The largest absolute Gasteiger partial charge is 0.464 e. The molecule has 1 aliphatic carbocycles. The topological polar surface area (TPSA) is 88.3 Å². The lowest BCUT2D eigenvalue weighted by Gasteiger charge is -2.20. The summed E-state index contributed by atoms with van der Waals surface area (Å²) in [4.78, 5) is 14.1. The third-order valence-corrected chi connectivity index (χ3v) is 5.30. The van der Waals surface area contributed by atoms with Crippen LogP contribution in [0.2, 0.25) is 0 Å². The number of nitrogens with one attached hydrogen (secondary N) is 2. The minimum Gasteiger partial charge on any atom is -0.464 e. The number of esters is 1. The van der Waals surface area contributed by atoms with E-state index in [-0.39, 0.29) is 16.6 Å². The predicted octanol–water partition coefficient (Wildman–Crippen LogP) is 2.19. The highest BCUT2D eigenvalue weighted by Crippen LogP contribution is 2.19. The van der Waals surface area contributed by atoms with Crippen molar-refractivity contribution in [2.24, 2.45) is 0 Å². The van der Waals surface area contributed by atoms with Gasteiger partial charge in [-0.3, -0.25) is 0 Å². The predicted molar refractivity (Wildman–Crippen MR) is 78.6 cm³/mol. The number of sulfonamides is 1. The first-order valence-electron chi connectivity index (χ1n) is 7.32. The van der Waals surface area contributed by atoms with E-state index < -0.39 is 16.0 Å². The van der Waals surface area contributed by atoms with Crippen LogP contribution in [0, 0.1) is 0 Å². The molecule has 2 rings (SSSR count). The lowest BCUT2D eigenvalue weighted by molar-refractivity contribution is 0.0595. The number of carbonyl (C=O) groups is 1. The van der Waals surface area contributed by atoms with Crippen molar-refractivity contribution in [1.29, 1.82) is 0 Å². The number of ether oxygens (including phenoxy) is 1. The highest BCUT2D eigenvalue weighted by atomic mass is 32.2. The molecule has 0 aromatic carbocycles. The summed E-state index contributed by atoms with van der Waals surface area (Å²) >= 11 is 0. The molecule has 0 saturated heterocycles. The number of carbonyl (C=O) groups excluding carboxylic acids is 1. The van der Waals surface area contributed by atoms with Gasteiger partial charge in [-0.2, -0.15) is 0 Å². The fourth-order valence-electron chi connectivity index (χ4n) is 2.62. The van der Waals surface area contributed by atoms with Crippen molar-refractivity contribution in [3.05, 3.63) is 18.0 Å². The van der Waals surface area contributed by atoms with E-state index in [1.54, 1.807) is 0 Å². The van der Waals surface area contributed by atoms with Crippen molar-refractivity contribution < 1.29 is 17.9 Å². The van der Waals surface area contributed by atoms with Crippen LogP contribution in [-0.4, -0.2) is 32.5 Å². The first kappa shape index (κ1) is 16.0. The van der Waals surface area contributed by atoms with Crippen molar-refractivity contribution in [3.8, 4) is 0 Å². The third-order valence-electron chi connectivity index (χ3n) is 3.80. The lowest BCUT2D eigenvalue weighted by atomic mass is 9.97. The molecule has 1 aliphatic rings. The summed E-state index contributed by atoms with van der Waals surface area (Å²) in [5.74, 6) is -0.581. The van der Waals surface area contributed by atoms with Crippen molar-refractivity contribution in [2.75, 3.05) is 7.11 Å². The molecule has 0 unspecified atom stereocenters. The Labute approximate surface area is 125 Å². The first-order valence-corrected chi connectivity index (χ1v) is 8.80. The van der Waals surface area contributed by atoms with Crippen LogP contribution >= 0.6 is 0 Å². The van der Waals surface area contributed by atoms with E-state index >= 15 is 0 Å². The van der Waals surface area contributed by atoms with Crippen LogP contribution in [0.3, 0.4) is 0 Å². The van der Waals surface area contributed by atoms with Crippen molar-refractivity contribution in [3.63, 3.8) is 0 Å². The fraction of sp³-hybridized carbons (Fsp3) is 0.643. The van der Waals surface area contributed by atoms with Gasteiger partial charge in [-0.1, -0.05) is 32.1 Å². The molecule has 1 fully saturated rings. The summed E-state index contributed by atoms with van der Waals surface area (Å²) < 4.78 is 32.0. The van der Waals surface area contributed by atoms with Crippen LogP contribution in [0.4, 0.5) is 0 Å². The summed E-state index contributed by atoms with van der Waals surface area (Å²) in [5, 5.41) is 0. The number of methoxy groups -OCH3 is 1. The van der Waals surface area contributed by atoms with E-state index in [2.05, 4.69) is 14.4 Å². The molecule has 0 aliphatic heterocycles. The van der Waals surface area contributed by atoms with Gasteiger partial charge in [0.15, 0.2) is 0 Å². The van der Waals surface area contributed by atoms with E-state index in [1.807, 2.05) is 0 Å². The number of hydrogen-bond acceptors (Lipinski definition) is 4. The molecule has 0 bridgehead atoms. The van der Waals surface area contributed by atoms with Gasteiger partial charge in [-0.25, -0.2) is 17.9 Å². The number of hydrogen-bond donors (Lipinski definition) is 2. The second-order valence-corrected chi connectivity index (χ2v) is 7.12. The van der Waals surface area contributed by atoms with Crippen LogP contribution in [0.15, 0.2) is 17.2 Å². The number of H-pyrrole nitrogens is 1. The average Bonchev–Trinajstić information content (AvgIpc) is 2.91. The van der Waals surface area contributed by atoms with E-state index in [0.29, 0.717) is 0 Å². The van der Waals surface area contributed by atoms with E-state index in [4.69, 9.17) is 0 Å². The maximum Gasteiger partial charge on any atom is 0.354 e. The van der Waals surface area contributed by atoms with Gasteiger partial charge in [0.1, 0.15) is 10.6 Å². The minimum atomic E-state index is -3.60. The zero-order chi connectivity index (χ0) is 15.3. The average molecular weight is 314 g/mol. The highest BCUT2D eigenvalue weighted by Gasteiger charge is 2.23. The Balaban J connectivity index is 2.06. The zero-order valence-electron chi connectivity index (χ0n) is 12.2. The SMILES string of the molecule is COC(=O)c1cc(S(=O)(=O)NC2CCCCCCC2)c[nH]1. The number of aromatic nitrogens is 1. The molecule has 1 heterocycles. The molecule has 2 N–H and O–H groups in total. The molecule has 7 heteroatoms. The molecule has 1 saturated carbocycles. The van der Waals surface area contributed by atoms with Crippen molar-refractivity contribution >= 4 is 16.0 Å². The van der Waals surface area contributed by atoms with Gasteiger partial charge in [0.2, 0.25) is 10.0 Å². The normalized spacial score (nSPS) is 18.0. The lowest BCUT2D eigenvalue weighted by Crippen LogP contribution is -2.35. The van der Waals surface area contributed by atoms with Gasteiger partial charge in [-0.05, 0) is 18.9 Å². The van der Waals surface area contributed by atoms with Crippen LogP contribution in [0.5, 0.6) is 0 Å². The molecule has 0 spiro atoms. The van der Waals surface area contributed by atoms with E-state index in [0.717, 1.165) is 38.5 Å². The van der Waals surface area contributed by atoms with E-state index in [1.165, 1.54) is 25.8 Å². The molecule has 0 radical (unpaired) electrons. The van der Waals surface area contributed by atoms with Gasteiger partial charge in [0.05, 0.1) is 7.11 Å². The molecule has 118 valence electrons. The molecule has 21 heavy (non-hydrogen) atoms. The Hall–Kier alpha value is -1.34. The van der Waals surface area contributed by atoms with Crippen LogP contribution in [0.1, 0.15) is 55.4 Å². The molecule has 6 nitrogen and oxygen atoms in total. The van der Waals surface area contributed by atoms with E-state index in [9.17, 15) is 13.2 Å². The van der Waals surface area contributed by atoms with Crippen LogP contribution in [0.25, 0.3) is 0 Å². The second kappa shape index (κ2) is 7.09. The molecular weight excluding hydrogens is 292 g/mol. The van der Waals surface area contributed by atoms with Gasteiger partial charge in [0, 0.05) is 12.2 Å². The maximum absolute atomic E-state index is 12.3. The third kappa shape index (κ3) is 4.31. The maximum atomic E-state index is 12.3. The van der Waals surface area contributed by atoms with Crippen molar-refractivity contribution in [2.45, 2.75) is 55.9 Å². The minimum absolute atomic E-state index is 0.0215. The standard InChI is InChI=1S/C14H22N2O4S/c1-20-14(17)13-9-12(10-15-13)21(18,19)16-11-7-5-3-2-4-6-8-11/h9-11,15-16H,2-8H2,1H3. The monoisotopic (exact) mass is 314 g/mol. The molecule has 1 aromatic heterocycles.